The van der Waals surface area contributed by atoms with Gasteiger partial charge in [-0.05, 0) is 31.9 Å². The number of ether oxygens (including phenoxy) is 1. The molecular formula is C20H25NO3. The maximum atomic E-state index is 12.6. The van der Waals surface area contributed by atoms with E-state index >= 15 is 0 Å². The number of nitrogens with zero attached hydrogens (tertiary/aromatic N) is 1. The molecule has 4 nitrogen and oxygen atoms in total. The standard InChI is InChI=1S/C20H25NO3/c1-14-6-7-18-16(12-14)17(22)13-20(24-18)8-10-21(11-9-20)19(23)15-4-2-3-5-15/h6-7,12,15H,2-5,8-11,13H2,1H3. The highest BCUT2D eigenvalue weighted by molar-refractivity contribution is 6.00. The lowest BCUT2D eigenvalue weighted by molar-refractivity contribution is -0.138. The van der Waals surface area contributed by atoms with Gasteiger partial charge in [-0.1, -0.05) is 24.5 Å². The van der Waals surface area contributed by atoms with Crippen LogP contribution in [0.2, 0.25) is 0 Å². The number of fused-ring (bicyclic) bond motifs is 1. The number of rotatable bonds is 1. The summed E-state index contributed by atoms with van der Waals surface area (Å²) < 4.78 is 6.28. The van der Waals surface area contributed by atoms with Crippen LogP contribution in [0.15, 0.2) is 18.2 Å². The zero-order chi connectivity index (χ0) is 16.7. The molecule has 0 radical (unpaired) electrons. The Morgan fingerprint density at radius 3 is 2.62 bits per heavy atom. The lowest BCUT2D eigenvalue weighted by Gasteiger charge is -2.44. The molecule has 0 aromatic heterocycles. The number of ketones is 1. The van der Waals surface area contributed by atoms with Crippen molar-refractivity contribution in [1.82, 2.24) is 4.90 Å². The number of piperidine rings is 1. The number of carbonyl (C=O) groups excluding carboxylic acids is 2. The molecule has 128 valence electrons. The van der Waals surface area contributed by atoms with Crippen LogP contribution in [-0.4, -0.2) is 35.3 Å². The van der Waals surface area contributed by atoms with E-state index < -0.39 is 5.60 Å². The van der Waals surface area contributed by atoms with Crippen molar-refractivity contribution >= 4 is 11.7 Å². The minimum atomic E-state index is -0.411. The normalized spacial score (nSPS) is 23.2. The Morgan fingerprint density at radius 2 is 1.92 bits per heavy atom. The third-order valence-corrected chi connectivity index (χ3v) is 5.94. The second kappa shape index (κ2) is 5.91. The fourth-order valence-electron chi connectivity index (χ4n) is 4.45. The van der Waals surface area contributed by atoms with Crippen LogP contribution in [-0.2, 0) is 4.79 Å². The first-order valence-corrected chi connectivity index (χ1v) is 9.18. The highest BCUT2D eigenvalue weighted by atomic mass is 16.5. The number of amides is 1. The van der Waals surface area contributed by atoms with Gasteiger partial charge in [0.1, 0.15) is 11.4 Å². The third-order valence-electron chi connectivity index (χ3n) is 5.94. The van der Waals surface area contributed by atoms with E-state index in [4.69, 9.17) is 4.74 Å². The first-order valence-electron chi connectivity index (χ1n) is 9.18. The Balaban J connectivity index is 1.46. The Hall–Kier alpha value is -1.84. The molecule has 2 aliphatic heterocycles. The fourth-order valence-corrected chi connectivity index (χ4v) is 4.45. The van der Waals surface area contributed by atoms with Crippen molar-refractivity contribution in [3.05, 3.63) is 29.3 Å². The minimum Gasteiger partial charge on any atom is -0.486 e. The van der Waals surface area contributed by atoms with Crippen LogP contribution in [0.1, 0.15) is 60.9 Å². The van der Waals surface area contributed by atoms with Crippen LogP contribution >= 0.6 is 0 Å². The van der Waals surface area contributed by atoms with Crippen molar-refractivity contribution in [2.75, 3.05) is 13.1 Å². The van der Waals surface area contributed by atoms with Crippen LogP contribution in [0.25, 0.3) is 0 Å². The number of hydrogen-bond donors (Lipinski definition) is 0. The van der Waals surface area contributed by atoms with Crippen LogP contribution in [0.5, 0.6) is 5.75 Å². The van der Waals surface area contributed by atoms with E-state index in [1.54, 1.807) is 0 Å². The van der Waals surface area contributed by atoms with E-state index in [2.05, 4.69) is 0 Å². The molecule has 4 heteroatoms. The van der Waals surface area contributed by atoms with Gasteiger partial charge in [0.25, 0.3) is 0 Å². The van der Waals surface area contributed by atoms with Gasteiger partial charge in [-0.2, -0.15) is 0 Å². The summed E-state index contributed by atoms with van der Waals surface area (Å²) in [5, 5.41) is 0. The maximum absolute atomic E-state index is 12.6. The number of Topliss-reactive ketones (excluding diaryl/α,β-unsaturated/α-hetero) is 1. The lowest BCUT2D eigenvalue weighted by Crippen LogP contribution is -2.53. The predicted octanol–water partition coefficient (Wildman–Crippen LogP) is 3.51. The van der Waals surface area contributed by atoms with E-state index in [1.165, 1.54) is 12.8 Å². The average Bonchev–Trinajstić information content (AvgIpc) is 3.10. The van der Waals surface area contributed by atoms with Crippen LogP contribution in [0, 0.1) is 12.8 Å². The van der Waals surface area contributed by atoms with Crippen molar-refractivity contribution in [3.63, 3.8) is 0 Å². The molecule has 1 aromatic carbocycles. The zero-order valence-corrected chi connectivity index (χ0v) is 14.3. The molecule has 24 heavy (non-hydrogen) atoms. The van der Waals surface area contributed by atoms with Crippen LogP contribution in [0.4, 0.5) is 0 Å². The number of carbonyl (C=O) groups is 2. The number of aryl methyl sites for hydroxylation is 1. The lowest BCUT2D eigenvalue weighted by atomic mass is 9.82. The molecule has 0 unspecified atom stereocenters. The van der Waals surface area contributed by atoms with Crippen molar-refractivity contribution in [1.29, 1.82) is 0 Å². The van der Waals surface area contributed by atoms with E-state index in [0.717, 1.165) is 31.2 Å². The molecule has 1 amide bonds. The van der Waals surface area contributed by atoms with E-state index in [-0.39, 0.29) is 11.7 Å². The summed E-state index contributed by atoms with van der Waals surface area (Å²) in [5.41, 5.74) is 1.38. The Morgan fingerprint density at radius 1 is 1.21 bits per heavy atom. The summed E-state index contributed by atoms with van der Waals surface area (Å²) in [5.74, 6) is 1.44. The van der Waals surface area contributed by atoms with Crippen LogP contribution in [0.3, 0.4) is 0 Å². The molecule has 3 aliphatic rings. The first-order chi connectivity index (χ1) is 11.6. The summed E-state index contributed by atoms with van der Waals surface area (Å²) in [7, 11) is 0. The smallest absolute Gasteiger partial charge is 0.225 e. The van der Waals surface area contributed by atoms with Gasteiger partial charge in [0.15, 0.2) is 5.78 Å². The highest BCUT2D eigenvalue weighted by Gasteiger charge is 2.44. The molecule has 2 heterocycles. The Labute approximate surface area is 143 Å². The van der Waals surface area contributed by atoms with Gasteiger partial charge in [0, 0.05) is 31.8 Å². The summed E-state index contributed by atoms with van der Waals surface area (Å²) in [6.45, 7) is 3.42. The maximum Gasteiger partial charge on any atom is 0.225 e. The van der Waals surface area contributed by atoms with Crippen molar-refractivity contribution in [2.45, 2.75) is 57.5 Å². The molecule has 1 saturated heterocycles. The van der Waals surface area contributed by atoms with Crippen molar-refractivity contribution < 1.29 is 14.3 Å². The average molecular weight is 327 g/mol. The molecule has 1 spiro atoms. The topological polar surface area (TPSA) is 46.6 Å². The summed E-state index contributed by atoms with van der Waals surface area (Å²) >= 11 is 0. The molecule has 4 rings (SSSR count). The molecule has 1 aromatic rings. The highest BCUT2D eigenvalue weighted by Crippen LogP contribution is 2.40. The molecule has 0 bridgehead atoms. The second-order valence-electron chi connectivity index (χ2n) is 7.69. The number of likely N-dealkylation sites (tertiary alicyclic amines) is 1. The number of benzene rings is 1. The molecule has 1 saturated carbocycles. The Kier molecular flexibility index (Phi) is 3.86. The SMILES string of the molecule is Cc1ccc2c(c1)C(=O)CC1(CCN(C(=O)C3CCCC3)CC1)O2. The quantitative estimate of drug-likeness (QED) is 0.793. The van der Waals surface area contributed by atoms with Gasteiger partial charge in [-0.25, -0.2) is 0 Å². The predicted molar refractivity (Wildman–Crippen MR) is 91.3 cm³/mol. The third kappa shape index (κ3) is 2.72. The van der Waals surface area contributed by atoms with Crippen LogP contribution < -0.4 is 4.74 Å². The zero-order valence-electron chi connectivity index (χ0n) is 14.3. The monoisotopic (exact) mass is 327 g/mol. The molecule has 2 fully saturated rings. The first kappa shape index (κ1) is 15.7. The fraction of sp³-hybridized carbons (Fsp3) is 0.600. The number of hydrogen-bond acceptors (Lipinski definition) is 3. The van der Waals surface area contributed by atoms with Crippen molar-refractivity contribution in [3.8, 4) is 5.75 Å². The van der Waals surface area contributed by atoms with Gasteiger partial charge < -0.3 is 9.64 Å². The largest absolute Gasteiger partial charge is 0.486 e. The summed E-state index contributed by atoms with van der Waals surface area (Å²) in [6.07, 6.45) is 6.40. The van der Waals surface area contributed by atoms with Gasteiger partial charge in [0.05, 0.1) is 12.0 Å². The molecule has 0 atom stereocenters. The molecular weight excluding hydrogens is 302 g/mol. The van der Waals surface area contributed by atoms with Crippen molar-refractivity contribution in [2.24, 2.45) is 5.92 Å². The molecule has 0 N–H and O–H groups in total. The van der Waals surface area contributed by atoms with E-state index in [0.29, 0.717) is 36.7 Å². The summed E-state index contributed by atoms with van der Waals surface area (Å²) in [4.78, 5) is 27.2. The van der Waals surface area contributed by atoms with E-state index in [1.807, 2.05) is 30.0 Å². The van der Waals surface area contributed by atoms with Gasteiger partial charge in [-0.3, -0.25) is 9.59 Å². The second-order valence-corrected chi connectivity index (χ2v) is 7.69. The van der Waals surface area contributed by atoms with Gasteiger partial charge in [-0.15, -0.1) is 0 Å². The van der Waals surface area contributed by atoms with E-state index in [9.17, 15) is 9.59 Å². The summed E-state index contributed by atoms with van der Waals surface area (Å²) in [6, 6.07) is 5.83. The Bertz CT molecular complexity index is 667. The van der Waals surface area contributed by atoms with Gasteiger partial charge in [0.2, 0.25) is 5.91 Å². The minimum absolute atomic E-state index is 0.176. The molecule has 1 aliphatic carbocycles. The van der Waals surface area contributed by atoms with Gasteiger partial charge >= 0.3 is 0 Å².